The SMILES string of the molecule is CCN1CCN(c2nc(C)c3c(n2)CC(c2ccc(C)cc2)CC3=O)CC1. The van der Waals surface area contributed by atoms with Gasteiger partial charge in [0.25, 0.3) is 0 Å². The number of hydrogen-bond donors (Lipinski definition) is 0. The van der Waals surface area contributed by atoms with Gasteiger partial charge in [0.1, 0.15) is 0 Å². The van der Waals surface area contributed by atoms with E-state index in [0.717, 1.165) is 62.0 Å². The number of benzene rings is 1. The highest BCUT2D eigenvalue weighted by Gasteiger charge is 2.31. The number of piperazine rings is 1. The zero-order valence-electron chi connectivity index (χ0n) is 16.5. The first kappa shape index (κ1) is 18.1. The third-order valence-corrected chi connectivity index (χ3v) is 5.95. The number of aromatic nitrogens is 2. The molecule has 2 aromatic rings. The fraction of sp³-hybridized carbons (Fsp3) is 0.500. The van der Waals surface area contributed by atoms with Crippen LogP contribution in [-0.4, -0.2) is 53.4 Å². The van der Waals surface area contributed by atoms with Gasteiger partial charge in [0.2, 0.25) is 5.95 Å². The third kappa shape index (κ3) is 3.61. The zero-order valence-corrected chi connectivity index (χ0v) is 16.5. The number of anilines is 1. The second kappa shape index (κ2) is 7.39. The lowest BCUT2D eigenvalue weighted by Gasteiger charge is -2.35. The monoisotopic (exact) mass is 364 g/mol. The summed E-state index contributed by atoms with van der Waals surface area (Å²) in [7, 11) is 0. The van der Waals surface area contributed by atoms with Crippen molar-refractivity contribution in [3.05, 3.63) is 52.3 Å². The van der Waals surface area contributed by atoms with Crippen molar-refractivity contribution >= 4 is 11.7 Å². The fourth-order valence-corrected chi connectivity index (χ4v) is 4.24. The van der Waals surface area contributed by atoms with Crippen LogP contribution in [0.3, 0.4) is 0 Å². The van der Waals surface area contributed by atoms with Crippen molar-refractivity contribution in [2.24, 2.45) is 0 Å². The van der Waals surface area contributed by atoms with Crippen LogP contribution in [0.4, 0.5) is 5.95 Å². The van der Waals surface area contributed by atoms with Crippen LogP contribution in [0, 0.1) is 13.8 Å². The molecule has 5 nitrogen and oxygen atoms in total. The molecule has 0 N–H and O–H groups in total. The third-order valence-electron chi connectivity index (χ3n) is 5.95. The predicted octanol–water partition coefficient (Wildman–Crippen LogP) is 3.15. The van der Waals surface area contributed by atoms with Gasteiger partial charge in [-0.3, -0.25) is 4.79 Å². The summed E-state index contributed by atoms with van der Waals surface area (Å²) in [5.74, 6) is 1.19. The maximum Gasteiger partial charge on any atom is 0.225 e. The zero-order chi connectivity index (χ0) is 19.0. The molecule has 1 aliphatic heterocycles. The molecule has 1 unspecified atom stereocenters. The highest BCUT2D eigenvalue weighted by molar-refractivity contribution is 5.99. The van der Waals surface area contributed by atoms with Gasteiger partial charge >= 0.3 is 0 Å². The van der Waals surface area contributed by atoms with Crippen LogP contribution in [0.15, 0.2) is 24.3 Å². The maximum atomic E-state index is 12.8. The molecule has 0 amide bonds. The minimum atomic E-state index is 0.182. The molecule has 5 heteroatoms. The van der Waals surface area contributed by atoms with E-state index in [1.165, 1.54) is 11.1 Å². The number of fused-ring (bicyclic) bond motifs is 1. The van der Waals surface area contributed by atoms with Crippen molar-refractivity contribution < 1.29 is 4.79 Å². The summed E-state index contributed by atoms with van der Waals surface area (Å²) in [5, 5.41) is 0. The van der Waals surface area contributed by atoms with Gasteiger partial charge in [-0.15, -0.1) is 0 Å². The number of aryl methyl sites for hydroxylation is 2. The van der Waals surface area contributed by atoms with Crippen molar-refractivity contribution in [3.8, 4) is 0 Å². The molecule has 0 radical (unpaired) electrons. The summed E-state index contributed by atoms with van der Waals surface area (Å²) in [6.45, 7) is 11.3. The maximum absolute atomic E-state index is 12.8. The molecule has 1 aromatic heterocycles. The van der Waals surface area contributed by atoms with Crippen molar-refractivity contribution in [2.75, 3.05) is 37.6 Å². The minimum absolute atomic E-state index is 0.182. The number of Topliss-reactive ketones (excluding diaryl/α,β-unsaturated/α-hetero) is 1. The van der Waals surface area contributed by atoms with E-state index in [0.29, 0.717) is 6.42 Å². The van der Waals surface area contributed by atoms with Crippen LogP contribution >= 0.6 is 0 Å². The highest BCUT2D eigenvalue weighted by Crippen LogP contribution is 2.34. The van der Waals surface area contributed by atoms with E-state index < -0.39 is 0 Å². The molecule has 1 aliphatic carbocycles. The number of nitrogens with zero attached hydrogens (tertiary/aromatic N) is 4. The first-order chi connectivity index (χ1) is 13.0. The molecular formula is C22H28N4O. The van der Waals surface area contributed by atoms with Crippen LogP contribution in [0.1, 0.15) is 52.1 Å². The summed E-state index contributed by atoms with van der Waals surface area (Å²) < 4.78 is 0. The van der Waals surface area contributed by atoms with Crippen LogP contribution in [0.2, 0.25) is 0 Å². The van der Waals surface area contributed by atoms with Gasteiger partial charge in [-0.05, 0) is 38.3 Å². The lowest BCUT2D eigenvalue weighted by Crippen LogP contribution is -2.47. The van der Waals surface area contributed by atoms with E-state index in [-0.39, 0.29) is 11.7 Å². The molecule has 27 heavy (non-hydrogen) atoms. The van der Waals surface area contributed by atoms with Crippen LogP contribution in [0.25, 0.3) is 0 Å². The lowest BCUT2D eigenvalue weighted by molar-refractivity contribution is 0.0962. The second-order valence-corrected chi connectivity index (χ2v) is 7.79. The molecule has 0 spiro atoms. The van der Waals surface area contributed by atoms with Gasteiger partial charge in [0.15, 0.2) is 5.78 Å². The molecular weight excluding hydrogens is 336 g/mol. The summed E-state index contributed by atoms with van der Waals surface area (Å²) in [6, 6.07) is 8.55. The molecule has 142 valence electrons. The van der Waals surface area contributed by atoms with E-state index in [1.54, 1.807) is 0 Å². The quantitative estimate of drug-likeness (QED) is 0.837. The Labute approximate surface area is 161 Å². The number of hydrogen-bond acceptors (Lipinski definition) is 5. The Balaban J connectivity index is 1.61. The lowest BCUT2D eigenvalue weighted by atomic mass is 9.81. The fourth-order valence-electron chi connectivity index (χ4n) is 4.24. The molecule has 2 aliphatic rings. The standard InChI is InChI=1S/C22H28N4O/c1-4-25-9-11-26(12-10-25)22-23-16(3)21-19(24-22)13-18(14-20(21)27)17-7-5-15(2)6-8-17/h5-8,18H,4,9-14H2,1-3H3. The van der Waals surface area contributed by atoms with Gasteiger partial charge in [0.05, 0.1) is 17.0 Å². The van der Waals surface area contributed by atoms with Gasteiger partial charge in [0, 0.05) is 32.6 Å². The summed E-state index contributed by atoms with van der Waals surface area (Å²) in [5.41, 5.74) is 4.99. The van der Waals surface area contributed by atoms with Crippen LogP contribution < -0.4 is 4.90 Å². The van der Waals surface area contributed by atoms with Gasteiger partial charge in [-0.25, -0.2) is 9.97 Å². The largest absolute Gasteiger partial charge is 0.338 e. The topological polar surface area (TPSA) is 49.3 Å². The Bertz CT molecular complexity index is 838. The van der Waals surface area contributed by atoms with Crippen LogP contribution in [-0.2, 0) is 6.42 Å². The van der Waals surface area contributed by atoms with E-state index in [2.05, 4.69) is 47.9 Å². The van der Waals surface area contributed by atoms with E-state index in [1.807, 2.05) is 6.92 Å². The Hall–Kier alpha value is -2.27. The molecule has 0 bridgehead atoms. The average Bonchev–Trinajstić information content (AvgIpc) is 2.68. The number of carbonyl (C=O) groups excluding carboxylic acids is 1. The van der Waals surface area contributed by atoms with Crippen molar-refractivity contribution in [3.63, 3.8) is 0 Å². The van der Waals surface area contributed by atoms with Crippen LogP contribution in [0.5, 0.6) is 0 Å². The first-order valence-corrected chi connectivity index (χ1v) is 9.99. The summed E-state index contributed by atoms with van der Waals surface area (Å²) in [4.78, 5) is 27.1. The molecule has 1 aromatic carbocycles. The summed E-state index contributed by atoms with van der Waals surface area (Å²) in [6.07, 6.45) is 1.37. The Kier molecular flexibility index (Phi) is 4.96. The van der Waals surface area contributed by atoms with Crippen molar-refractivity contribution in [1.82, 2.24) is 14.9 Å². The summed E-state index contributed by atoms with van der Waals surface area (Å²) >= 11 is 0. The Morgan fingerprint density at radius 3 is 2.37 bits per heavy atom. The molecule has 2 heterocycles. The average molecular weight is 364 g/mol. The predicted molar refractivity (Wildman–Crippen MR) is 108 cm³/mol. The van der Waals surface area contributed by atoms with Gasteiger partial charge in [-0.2, -0.15) is 0 Å². The normalized spacial score (nSPS) is 20.6. The number of likely N-dealkylation sites (N-methyl/N-ethyl adjacent to an activating group) is 1. The van der Waals surface area contributed by atoms with Crippen molar-refractivity contribution in [1.29, 1.82) is 0 Å². The molecule has 1 atom stereocenters. The first-order valence-electron chi connectivity index (χ1n) is 9.99. The van der Waals surface area contributed by atoms with Gasteiger partial charge < -0.3 is 9.80 Å². The van der Waals surface area contributed by atoms with Gasteiger partial charge in [-0.1, -0.05) is 36.8 Å². The molecule has 1 saturated heterocycles. The number of rotatable bonds is 3. The Morgan fingerprint density at radius 1 is 1.00 bits per heavy atom. The number of carbonyl (C=O) groups is 1. The molecule has 0 saturated carbocycles. The second-order valence-electron chi connectivity index (χ2n) is 7.79. The smallest absolute Gasteiger partial charge is 0.225 e. The van der Waals surface area contributed by atoms with E-state index in [9.17, 15) is 4.79 Å². The molecule has 4 rings (SSSR count). The highest BCUT2D eigenvalue weighted by atomic mass is 16.1. The van der Waals surface area contributed by atoms with E-state index >= 15 is 0 Å². The van der Waals surface area contributed by atoms with E-state index in [4.69, 9.17) is 9.97 Å². The number of ketones is 1. The minimum Gasteiger partial charge on any atom is -0.338 e. The molecule has 1 fully saturated rings. The van der Waals surface area contributed by atoms with Crippen molar-refractivity contribution in [2.45, 2.75) is 39.5 Å². The Morgan fingerprint density at radius 2 is 1.70 bits per heavy atom.